The van der Waals surface area contributed by atoms with Crippen LogP contribution in [0.15, 0.2) is 12.1 Å². The van der Waals surface area contributed by atoms with Crippen LogP contribution in [0.2, 0.25) is 0 Å². The van der Waals surface area contributed by atoms with Gasteiger partial charge in [-0.2, -0.15) is 0 Å². The molecule has 1 atom stereocenters. The molecule has 3 rings (SSSR count). The summed E-state index contributed by atoms with van der Waals surface area (Å²) in [5.74, 6) is -0.117. The van der Waals surface area contributed by atoms with E-state index in [-0.39, 0.29) is 0 Å². The Morgan fingerprint density at radius 2 is 2.10 bits per heavy atom. The minimum Gasteiger partial charge on any atom is -0.478 e. The third kappa shape index (κ3) is 3.16. The zero-order chi connectivity index (χ0) is 14.8. The number of ether oxygens (including phenoxy) is 1. The predicted molar refractivity (Wildman–Crippen MR) is 78.9 cm³/mol. The Kier molecular flexibility index (Phi) is 4.07. The number of anilines is 1. The van der Waals surface area contributed by atoms with Crippen molar-refractivity contribution in [3.63, 3.8) is 0 Å². The van der Waals surface area contributed by atoms with Crippen LogP contribution in [0.1, 0.15) is 22.5 Å². The fourth-order valence-electron chi connectivity index (χ4n) is 3.13. The number of rotatable bonds is 3. The summed E-state index contributed by atoms with van der Waals surface area (Å²) in [5, 5.41) is 9.16. The van der Waals surface area contributed by atoms with Crippen molar-refractivity contribution in [2.45, 2.75) is 19.4 Å². The van der Waals surface area contributed by atoms with Crippen molar-refractivity contribution in [1.82, 2.24) is 9.88 Å². The van der Waals surface area contributed by atoms with Gasteiger partial charge in [-0.3, -0.25) is 4.90 Å². The molecule has 2 aliphatic heterocycles. The largest absolute Gasteiger partial charge is 0.478 e. The molecule has 114 valence electrons. The summed E-state index contributed by atoms with van der Waals surface area (Å²) in [5.41, 5.74) is 1.06. The number of carboxylic acids is 1. The second kappa shape index (κ2) is 5.99. The Labute approximate surface area is 124 Å². The highest BCUT2D eigenvalue weighted by atomic mass is 16.5. The van der Waals surface area contributed by atoms with Gasteiger partial charge in [-0.15, -0.1) is 0 Å². The lowest BCUT2D eigenvalue weighted by Crippen LogP contribution is -2.44. The smallest absolute Gasteiger partial charge is 0.335 e. The lowest BCUT2D eigenvalue weighted by molar-refractivity contribution is 0.0209. The number of hydrogen-bond donors (Lipinski definition) is 1. The Balaban J connectivity index is 1.72. The maximum absolute atomic E-state index is 11.2. The molecule has 1 aromatic rings. The van der Waals surface area contributed by atoms with E-state index >= 15 is 0 Å². The molecule has 6 heteroatoms. The second-order valence-corrected chi connectivity index (χ2v) is 5.70. The molecule has 21 heavy (non-hydrogen) atoms. The summed E-state index contributed by atoms with van der Waals surface area (Å²) < 4.78 is 5.40. The Hall–Kier alpha value is -1.66. The quantitative estimate of drug-likeness (QED) is 0.896. The van der Waals surface area contributed by atoms with Crippen LogP contribution in [0.25, 0.3) is 0 Å². The van der Waals surface area contributed by atoms with E-state index < -0.39 is 5.97 Å². The second-order valence-electron chi connectivity index (χ2n) is 5.70. The number of nitrogens with zero attached hydrogens (tertiary/aromatic N) is 3. The van der Waals surface area contributed by atoms with Crippen molar-refractivity contribution in [3.8, 4) is 0 Å². The van der Waals surface area contributed by atoms with Crippen molar-refractivity contribution in [2.24, 2.45) is 0 Å². The summed E-state index contributed by atoms with van der Waals surface area (Å²) in [7, 11) is 0. The first kappa shape index (κ1) is 14.3. The van der Waals surface area contributed by atoms with E-state index in [0.717, 1.165) is 57.3 Å². The van der Waals surface area contributed by atoms with Crippen LogP contribution in [-0.2, 0) is 4.74 Å². The van der Waals surface area contributed by atoms with Crippen LogP contribution < -0.4 is 4.90 Å². The number of aromatic carboxylic acids is 1. The molecule has 0 radical (unpaired) electrons. The number of carbonyl (C=O) groups is 1. The first-order valence-corrected chi connectivity index (χ1v) is 7.42. The average Bonchev–Trinajstić information content (AvgIpc) is 2.97. The summed E-state index contributed by atoms with van der Waals surface area (Å²) in [4.78, 5) is 20.3. The van der Waals surface area contributed by atoms with Gasteiger partial charge in [0.05, 0.1) is 18.8 Å². The van der Waals surface area contributed by atoms with Crippen molar-refractivity contribution < 1.29 is 14.6 Å². The zero-order valence-electron chi connectivity index (χ0n) is 12.3. The molecule has 0 amide bonds. The lowest BCUT2D eigenvalue weighted by Gasteiger charge is -2.32. The van der Waals surface area contributed by atoms with E-state index in [2.05, 4.69) is 14.8 Å². The highest BCUT2D eigenvalue weighted by Crippen LogP contribution is 2.23. The van der Waals surface area contributed by atoms with Crippen LogP contribution in [0.5, 0.6) is 0 Å². The fourth-order valence-corrected chi connectivity index (χ4v) is 3.13. The molecule has 0 spiro atoms. The summed E-state index contributed by atoms with van der Waals surface area (Å²) in [6, 6.07) is 3.81. The number of carboxylic acid groups (broad SMARTS) is 1. The van der Waals surface area contributed by atoms with Crippen molar-refractivity contribution >= 4 is 11.8 Å². The van der Waals surface area contributed by atoms with Gasteiger partial charge in [0.15, 0.2) is 0 Å². The average molecular weight is 291 g/mol. The Morgan fingerprint density at radius 3 is 2.81 bits per heavy atom. The fraction of sp³-hybridized carbons (Fsp3) is 0.600. The maximum Gasteiger partial charge on any atom is 0.335 e. The van der Waals surface area contributed by atoms with Crippen molar-refractivity contribution in [3.05, 3.63) is 23.4 Å². The van der Waals surface area contributed by atoms with E-state index in [1.54, 1.807) is 12.1 Å². The van der Waals surface area contributed by atoms with Crippen LogP contribution in [-0.4, -0.2) is 66.4 Å². The monoisotopic (exact) mass is 291 g/mol. The van der Waals surface area contributed by atoms with Crippen molar-refractivity contribution in [2.75, 3.05) is 44.3 Å². The number of pyridine rings is 1. The van der Waals surface area contributed by atoms with E-state index in [1.807, 2.05) is 6.92 Å². The minimum absolute atomic E-state index is 0.312. The van der Waals surface area contributed by atoms with E-state index in [0.29, 0.717) is 11.6 Å². The summed E-state index contributed by atoms with van der Waals surface area (Å²) in [6.45, 7) is 7.27. The maximum atomic E-state index is 11.2. The molecule has 3 heterocycles. The molecular weight excluding hydrogens is 270 g/mol. The molecule has 0 bridgehead atoms. The van der Waals surface area contributed by atoms with Gasteiger partial charge in [0.1, 0.15) is 5.82 Å². The molecule has 2 saturated heterocycles. The normalized spacial score (nSPS) is 23.5. The molecule has 2 fully saturated rings. The molecule has 2 aliphatic rings. The Morgan fingerprint density at radius 1 is 1.33 bits per heavy atom. The zero-order valence-corrected chi connectivity index (χ0v) is 12.3. The van der Waals surface area contributed by atoms with Gasteiger partial charge in [-0.05, 0) is 25.5 Å². The third-order valence-electron chi connectivity index (χ3n) is 4.24. The van der Waals surface area contributed by atoms with Gasteiger partial charge in [0, 0.05) is 37.9 Å². The van der Waals surface area contributed by atoms with Crippen LogP contribution >= 0.6 is 0 Å². The van der Waals surface area contributed by atoms with Crippen LogP contribution in [0, 0.1) is 6.92 Å². The first-order valence-electron chi connectivity index (χ1n) is 7.42. The third-order valence-corrected chi connectivity index (χ3v) is 4.24. The van der Waals surface area contributed by atoms with Gasteiger partial charge in [0.2, 0.25) is 0 Å². The molecule has 1 aromatic heterocycles. The Bertz CT molecular complexity index is 529. The molecule has 1 N–H and O–H groups in total. The molecule has 6 nitrogen and oxygen atoms in total. The number of aromatic nitrogens is 1. The minimum atomic E-state index is -0.898. The van der Waals surface area contributed by atoms with Gasteiger partial charge < -0.3 is 14.7 Å². The molecule has 0 saturated carbocycles. The topological polar surface area (TPSA) is 65.9 Å². The predicted octanol–water partition coefficient (Wildman–Crippen LogP) is 0.999. The highest BCUT2D eigenvalue weighted by molar-refractivity contribution is 5.88. The van der Waals surface area contributed by atoms with Gasteiger partial charge >= 0.3 is 5.97 Å². The van der Waals surface area contributed by atoms with Gasteiger partial charge in [-0.1, -0.05) is 0 Å². The molecular formula is C15H21N3O3. The number of aryl methyl sites for hydroxylation is 1. The first-order chi connectivity index (χ1) is 10.1. The summed E-state index contributed by atoms with van der Waals surface area (Å²) >= 11 is 0. The number of hydrogen-bond acceptors (Lipinski definition) is 5. The van der Waals surface area contributed by atoms with E-state index in [1.165, 1.54) is 0 Å². The van der Waals surface area contributed by atoms with Crippen molar-refractivity contribution in [1.29, 1.82) is 0 Å². The molecule has 0 aromatic carbocycles. The standard InChI is InChI=1S/C15H21N3O3/c1-11-8-12(15(19)20)9-14(16-11)18-3-2-13(10-18)17-4-6-21-7-5-17/h8-9,13H,2-7,10H2,1H3,(H,19,20). The SMILES string of the molecule is Cc1cc(C(=O)O)cc(N2CCC(N3CCOCC3)C2)n1. The lowest BCUT2D eigenvalue weighted by atomic mass is 10.2. The van der Waals surface area contributed by atoms with Crippen LogP contribution in [0.3, 0.4) is 0 Å². The van der Waals surface area contributed by atoms with E-state index in [9.17, 15) is 4.79 Å². The number of morpholine rings is 1. The van der Waals surface area contributed by atoms with Crippen LogP contribution in [0.4, 0.5) is 5.82 Å². The van der Waals surface area contributed by atoms with E-state index in [4.69, 9.17) is 9.84 Å². The molecule has 0 aliphatic carbocycles. The summed E-state index contributed by atoms with van der Waals surface area (Å²) in [6.07, 6.45) is 1.10. The highest BCUT2D eigenvalue weighted by Gasteiger charge is 2.29. The molecule has 1 unspecified atom stereocenters. The van der Waals surface area contributed by atoms with Gasteiger partial charge in [0.25, 0.3) is 0 Å². The van der Waals surface area contributed by atoms with Gasteiger partial charge in [-0.25, -0.2) is 9.78 Å².